The molecule has 2 aliphatic rings. The van der Waals surface area contributed by atoms with Crippen molar-refractivity contribution in [1.82, 2.24) is 4.90 Å². The summed E-state index contributed by atoms with van der Waals surface area (Å²) in [5.74, 6) is -1.67. The summed E-state index contributed by atoms with van der Waals surface area (Å²) in [6.45, 7) is 0.00244. The van der Waals surface area contributed by atoms with E-state index in [0.29, 0.717) is 11.1 Å². The van der Waals surface area contributed by atoms with E-state index < -0.39 is 11.9 Å². The van der Waals surface area contributed by atoms with E-state index in [-0.39, 0.29) is 28.1 Å². The fraction of sp³-hybridized carbons (Fsp3) is 0.200. The predicted molar refractivity (Wildman–Crippen MR) is 90.9 cm³/mol. The Morgan fingerprint density at radius 1 is 1.26 bits per heavy atom. The highest BCUT2D eigenvalue weighted by molar-refractivity contribution is 8.26. The molecule has 0 radical (unpaired) electrons. The summed E-state index contributed by atoms with van der Waals surface area (Å²) in [5, 5.41) is 8.77. The summed E-state index contributed by atoms with van der Waals surface area (Å²) < 4.78 is 0.276. The summed E-state index contributed by atoms with van der Waals surface area (Å²) >= 11 is 6.21. The molecule has 2 heterocycles. The number of carbonyl (C=O) groups excluding carboxylic acids is 2. The van der Waals surface area contributed by atoms with Crippen LogP contribution < -0.4 is 4.90 Å². The molecule has 3 rings (SSSR count). The fourth-order valence-electron chi connectivity index (χ4n) is 2.54. The molecule has 1 saturated heterocycles. The maximum Gasteiger partial charge on any atom is 0.305 e. The van der Waals surface area contributed by atoms with Gasteiger partial charge in [-0.2, -0.15) is 0 Å². The summed E-state index contributed by atoms with van der Waals surface area (Å²) in [5.41, 5.74) is 1.76. The number of aliphatic carboxylic acids is 1. The average molecular weight is 348 g/mol. The Morgan fingerprint density at radius 2 is 1.96 bits per heavy atom. The summed E-state index contributed by atoms with van der Waals surface area (Å²) in [7, 11) is 1.65. The third-order valence-corrected chi connectivity index (χ3v) is 5.13. The zero-order valence-corrected chi connectivity index (χ0v) is 13.7. The summed E-state index contributed by atoms with van der Waals surface area (Å²) in [4.78, 5) is 38.8. The molecule has 2 amide bonds. The number of thiocarbonyl (C=S) groups is 1. The Kier molecular flexibility index (Phi) is 3.95. The molecule has 0 aliphatic carbocycles. The first-order chi connectivity index (χ1) is 10.9. The molecular weight excluding hydrogens is 336 g/mol. The summed E-state index contributed by atoms with van der Waals surface area (Å²) in [6.07, 6.45) is -0.195. The van der Waals surface area contributed by atoms with E-state index in [2.05, 4.69) is 0 Å². The van der Waals surface area contributed by atoms with E-state index in [9.17, 15) is 14.4 Å². The van der Waals surface area contributed by atoms with Crippen LogP contribution in [-0.4, -0.2) is 45.7 Å². The number of carbonyl (C=O) groups is 3. The molecule has 0 unspecified atom stereocenters. The number of nitrogens with zero attached hydrogens (tertiary/aromatic N) is 2. The van der Waals surface area contributed by atoms with Crippen molar-refractivity contribution >= 4 is 57.3 Å². The van der Waals surface area contributed by atoms with Crippen LogP contribution >= 0.6 is 24.0 Å². The molecule has 6 nitrogen and oxygen atoms in total. The smallest absolute Gasteiger partial charge is 0.305 e. The van der Waals surface area contributed by atoms with Crippen LogP contribution in [0.4, 0.5) is 5.69 Å². The van der Waals surface area contributed by atoms with Gasteiger partial charge in [0.2, 0.25) is 0 Å². The van der Waals surface area contributed by atoms with Gasteiger partial charge >= 0.3 is 5.97 Å². The van der Waals surface area contributed by atoms with Gasteiger partial charge in [-0.1, -0.05) is 42.2 Å². The van der Waals surface area contributed by atoms with Crippen LogP contribution in [0.1, 0.15) is 12.0 Å². The molecular formula is C15H12N2O4S2. The van der Waals surface area contributed by atoms with Crippen molar-refractivity contribution in [3.05, 3.63) is 34.7 Å². The zero-order chi connectivity index (χ0) is 16.7. The molecule has 1 aromatic carbocycles. The number of carboxylic acid groups (broad SMARTS) is 1. The van der Waals surface area contributed by atoms with Crippen molar-refractivity contribution in [3.63, 3.8) is 0 Å². The molecule has 1 N–H and O–H groups in total. The third kappa shape index (κ3) is 2.53. The van der Waals surface area contributed by atoms with E-state index in [1.54, 1.807) is 19.2 Å². The lowest BCUT2D eigenvalue weighted by atomic mass is 10.1. The largest absolute Gasteiger partial charge is 0.481 e. The molecule has 23 heavy (non-hydrogen) atoms. The number of hydrogen-bond donors (Lipinski definition) is 1. The van der Waals surface area contributed by atoms with Gasteiger partial charge in [0.1, 0.15) is 4.32 Å². The third-order valence-electron chi connectivity index (χ3n) is 3.68. The number of carboxylic acids is 1. The van der Waals surface area contributed by atoms with Gasteiger partial charge in [-0.3, -0.25) is 19.3 Å². The van der Waals surface area contributed by atoms with Crippen LogP contribution in [0.15, 0.2) is 29.2 Å². The lowest BCUT2D eigenvalue weighted by Crippen LogP contribution is -2.30. The first-order valence-corrected chi connectivity index (χ1v) is 8.01. The van der Waals surface area contributed by atoms with Gasteiger partial charge in [-0.05, 0) is 6.07 Å². The van der Waals surface area contributed by atoms with Crippen molar-refractivity contribution < 1.29 is 19.5 Å². The van der Waals surface area contributed by atoms with Crippen LogP contribution in [0.25, 0.3) is 5.57 Å². The van der Waals surface area contributed by atoms with Crippen molar-refractivity contribution in [2.24, 2.45) is 0 Å². The normalized spacial score (nSPS) is 20.5. The van der Waals surface area contributed by atoms with Gasteiger partial charge in [0.25, 0.3) is 11.8 Å². The predicted octanol–water partition coefficient (Wildman–Crippen LogP) is 1.71. The Hall–Kier alpha value is -2.19. The van der Waals surface area contributed by atoms with Gasteiger partial charge in [-0.15, -0.1) is 0 Å². The molecule has 0 spiro atoms. The molecule has 118 valence electrons. The van der Waals surface area contributed by atoms with Crippen molar-refractivity contribution in [3.8, 4) is 0 Å². The van der Waals surface area contributed by atoms with Crippen molar-refractivity contribution in [2.45, 2.75) is 6.42 Å². The van der Waals surface area contributed by atoms with E-state index in [1.165, 1.54) is 9.80 Å². The molecule has 0 aromatic heterocycles. The number of para-hydroxylation sites is 1. The van der Waals surface area contributed by atoms with Crippen LogP contribution in [0, 0.1) is 0 Å². The Balaban J connectivity index is 2.03. The minimum atomic E-state index is -1.01. The lowest BCUT2D eigenvalue weighted by molar-refractivity contribution is -0.137. The number of likely N-dealkylation sites (N-methyl/N-ethyl adjacent to an activating group) is 1. The number of hydrogen-bond acceptors (Lipinski definition) is 5. The number of rotatable bonds is 3. The Labute approximate surface area is 141 Å². The second-order valence-corrected chi connectivity index (χ2v) is 6.70. The van der Waals surface area contributed by atoms with Gasteiger partial charge in [0.05, 0.1) is 22.6 Å². The second-order valence-electron chi connectivity index (χ2n) is 5.05. The first-order valence-electron chi connectivity index (χ1n) is 6.79. The van der Waals surface area contributed by atoms with E-state index >= 15 is 0 Å². The Bertz CT molecular complexity index is 787. The highest BCUT2D eigenvalue weighted by Gasteiger charge is 2.40. The molecule has 0 saturated carbocycles. The van der Waals surface area contributed by atoms with E-state index in [1.807, 2.05) is 12.1 Å². The standard InChI is InChI=1S/C15H12N2O4S2/c1-16-9-5-3-2-4-8(9)11(13(16)20)12-14(21)17(15(22)23-12)7-6-10(18)19/h2-5H,6-7H2,1H3,(H,18,19)/b12-11+. The number of amides is 2. The minimum Gasteiger partial charge on any atom is -0.481 e. The maximum atomic E-state index is 12.6. The quantitative estimate of drug-likeness (QED) is 0.662. The monoisotopic (exact) mass is 348 g/mol. The first kappa shape index (κ1) is 15.7. The lowest BCUT2D eigenvalue weighted by Gasteiger charge is -2.12. The van der Waals surface area contributed by atoms with Crippen LogP contribution in [-0.2, 0) is 14.4 Å². The van der Waals surface area contributed by atoms with Gasteiger partial charge in [0, 0.05) is 19.2 Å². The van der Waals surface area contributed by atoms with Crippen LogP contribution in [0.2, 0.25) is 0 Å². The Morgan fingerprint density at radius 3 is 2.65 bits per heavy atom. The van der Waals surface area contributed by atoms with Crippen LogP contribution in [0.3, 0.4) is 0 Å². The molecule has 0 bridgehead atoms. The van der Waals surface area contributed by atoms with Gasteiger partial charge in [0.15, 0.2) is 0 Å². The molecule has 0 atom stereocenters. The molecule has 8 heteroatoms. The van der Waals surface area contributed by atoms with E-state index in [0.717, 1.165) is 17.4 Å². The minimum absolute atomic E-state index is 0.00244. The van der Waals surface area contributed by atoms with Gasteiger partial charge in [-0.25, -0.2) is 0 Å². The number of fused-ring (bicyclic) bond motifs is 1. The molecule has 2 aliphatic heterocycles. The zero-order valence-electron chi connectivity index (χ0n) is 12.1. The number of benzene rings is 1. The highest BCUT2D eigenvalue weighted by atomic mass is 32.2. The molecule has 1 aromatic rings. The number of thioether (sulfide) groups is 1. The van der Waals surface area contributed by atoms with Crippen molar-refractivity contribution in [1.29, 1.82) is 0 Å². The number of anilines is 1. The van der Waals surface area contributed by atoms with Gasteiger partial charge < -0.3 is 10.0 Å². The average Bonchev–Trinajstić information content (AvgIpc) is 2.93. The van der Waals surface area contributed by atoms with Crippen LogP contribution in [0.5, 0.6) is 0 Å². The summed E-state index contributed by atoms with van der Waals surface area (Å²) in [6, 6.07) is 7.22. The molecule has 1 fully saturated rings. The topological polar surface area (TPSA) is 77.9 Å². The maximum absolute atomic E-state index is 12.6. The fourth-order valence-corrected chi connectivity index (χ4v) is 3.92. The van der Waals surface area contributed by atoms with E-state index in [4.69, 9.17) is 17.3 Å². The SMILES string of the molecule is CN1C(=O)/C(=C2/SC(=S)N(CCC(=O)O)C2=O)c2ccccc21. The second kappa shape index (κ2) is 5.78. The highest BCUT2D eigenvalue weighted by Crippen LogP contribution is 2.43. The van der Waals surface area contributed by atoms with Crippen molar-refractivity contribution in [2.75, 3.05) is 18.5 Å².